The lowest BCUT2D eigenvalue weighted by Gasteiger charge is -2.64. The van der Waals surface area contributed by atoms with Gasteiger partial charge in [-0.15, -0.1) is 11.8 Å². The van der Waals surface area contributed by atoms with Gasteiger partial charge in [0.15, 0.2) is 11.5 Å². The molecule has 3 aliphatic carbocycles. The van der Waals surface area contributed by atoms with Crippen molar-refractivity contribution in [3.8, 4) is 11.5 Å². The maximum Gasteiger partial charge on any atom is 0.233 e. The first-order valence-electron chi connectivity index (χ1n) is 13.3. The number of aliphatic hydroxyl groups is 1. The molecule has 0 unspecified atom stereocenters. The minimum absolute atomic E-state index is 0.0523. The van der Waals surface area contributed by atoms with Crippen molar-refractivity contribution >= 4 is 17.7 Å². The second-order valence-electron chi connectivity index (χ2n) is 11.5. The summed E-state index contributed by atoms with van der Waals surface area (Å²) >= 11 is 1.55. The number of hydrogen-bond donors (Lipinski definition) is 2. The van der Waals surface area contributed by atoms with Crippen LogP contribution in [0.4, 0.5) is 0 Å². The summed E-state index contributed by atoms with van der Waals surface area (Å²) < 4.78 is 6.62. The fraction of sp³-hybridized carbons (Fsp3) is 0.552. The van der Waals surface area contributed by atoms with E-state index in [1.54, 1.807) is 17.8 Å². The first-order chi connectivity index (χ1) is 17.4. The average molecular weight is 507 g/mol. The molecule has 5 atom stereocenters. The van der Waals surface area contributed by atoms with E-state index >= 15 is 0 Å². The molecule has 2 N–H and O–H groups in total. The number of likely N-dealkylation sites (N-methyl/N-ethyl adjacent to an activating group) is 1. The Morgan fingerprint density at radius 2 is 1.97 bits per heavy atom. The number of benzene rings is 2. The number of rotatable bonds is 6. The van der Waals surface area contributed by atoms with Crippen molar-refractivity contribution in [3.63, 3.8) is 0 Å². The second-order valence-corrected chi connectivity index (χ2v) is 12.6. The number of phenolic OH excluding ortho intramolecular Hbond substituents is 1. The summed E-state index contributed by atoms with van der Waals surface area (Å²) in [6, 6.07) is 13.7. The van der Waals surface area contributed by atoms with E-state index in [0.717, 1.165) is 42.3 Å². The highest BCUT2D eigenvalue weighted by molar-refractivity contribution is 8.00. The van der Waals surface area contributed by atoms with Gasteiger partial charge in [-0.1, -0.05) is 24.3 Å². The van der Waals surface area contributed by atoms with Crippen molar-refractivity contribution in [1.29, 1.82) is 0 Å². The molecule has 7 rings (SSSR count). The molecule has 2 aromatic carbocycles. The van der Waals surface area contributed by atoms with E-state index in [0.29, 0.717) is 24.3 Å². The Balaban J connectivity index is 1.23. The van der Waals surface area contributed by atoms with Crippen LogP contribution in [0, 0.1) is 5.92 Å². The lowest BCUT2D eigenvalue weighted by molar-refractivity contribution is -0.200. The van der Waals surface area contributed by atoms with Crippen LogP contribution in [0.25, 0.3) is 0 Å². The van der Waals surface area contributed by atoms with E-state index in [9.17, 15) is 15.0 Å². The number of ether oxygens (including phenoxy) is 1. The molecule has 2 heterocycles. The zero-order valence-electron chi connectivity index (χ0n) is 20.7. The molecular formula is C29H34N2O4S. The van der Waals surface area contributed by atoms with Crippen LogP contribution in [0.3, 0.4) is 0 Å². The minimum Gasteiger partial charge on any atom is -0.504 e. The molecule has 7 heteroatoms. The van der Waals surface area contributed by atoms with Crippen LogP contribution in [0.5, 0.6) is 11.5 Å². The van der Waals surface area contributed by atoms with Crippen molar-refractivity contribution in [2.45, 2.75) is 72.6 Å². The summed E-state index contributed by atoms with van der Waals surface area (Å²) in [5, 5.41) is 23.4. The number of phenols is 1. The number of amides is 1. The molecule has 5 aliphatic rings. The Bertz CT molecular complexity index is 1200. The highest BCUT2D eigenvalue weighted by Gasteiger charge is 2.73. The number of thioether (sulfide) groups is 1. The average Bonchev–Trinajstić information content (AvgIpc) is 3.63. The fourth-order valence-electron chi connectivity index (χ4n) is 7.80. The van der Waals surface area contributed by atoms with Gasteiger partial charge in [0.25, 0.3) is 0 Å². The molecule has 2 aromatic rings. The Morgan fingerprint density at radius 1 is 1.17 bits per heavy atom. The summed E-state index contributed by atoms with van der Waals surface area (Å²) in [5.41, 5.74) is 0.690. The lowest BCUT2D eigenvalue weighted by atomic mass is 9.48. The van der Waals surface area contributed by atoms with E-state index in [-0.39, 0.29) is 29.8 Å². The van der Waals surface area contributed by atoms with E-state index in [4.69, 9.17) is 4.74 Å². The largest absolute Gasteiger partial charge is 0.504 e. The summed E-state index contributed by atoms with van der Waals surface area (Å²) in [6.07, 6.45) is 5.14. The number of nitrogens with zero attached hydrogens (tertiary/aromatic N) is 2. The van der Waals surface area contributed by atoms with Gasteiger partial charge < -0.3 is 19.8 Å². The first kappa shape index (κ1) is 22.9. The molecule has 0 aromatic heterocycles. The van der Waals surface area contributed by atoms with Gasteiger partial charge in [-0.2, -0.15) is 0 Å². The quantitative estimate of drug-likeness (QED) is 0.584. The third kappa shape index (κ3) is 3.15. The molecule has 3 fully saturated rings. The summed E-state index contributed by atoms with van der Waals surface area (Å²) in [7, 11) is 1.88. The van der Waals surface area contributed by atoms with Crippen molar-refractivity contribution in [1.82, 2.24) is 9.80 Å². The number of hydrogen-bond acceptors (Lipinski definition) is 6. The number of carbonyl (C=O) groups excluding carboxylic acids is 1. The summed E-state index contributed by atoms with van der Waals surface area (Å²) in [4.78, 5) is 18.8. The Labute approximate surface area is 216 Å². The van der Waals surface area contributed by atoms with E-state index in [1.807, 2.05) is 48.3 Å². The monoisotopic (exact) mass is 506 g/mol. The van der Waals surface area contributed by atoms with E-state index in [2.05, 4.69) is 4.90 Å². The third-order valence-corrected chi connectivity index (χ3v) is 10.7. The molecular weight excluding hydrogens is 472 g/mol. The molecule has 0 radical (unpaired) electrons. The van der Waals surface area contributed by atoms with Crippen molar-refractivity contribution < 1.29 is 19.7 Å². The van der Waals surface area contributed by atoms with Crippen LogP contribution in [-0.2, 0) is 16.6 Å². The smallest absolute Gasteiger partial charge is 0.233 e. The first-order valence-corrected chi connectivity index (χ1v) is 14.3. The molecule has 2 saturated carbocycles. The van der Waals surface area contributed by atoms with Gasteiger partial charge in [-0.25, -0.2) is 0 Å². The predicted molar refractivity (Wildman–Crippen MR) is 139 cm³/mol. The van der Waals surface area contributed by atoms with E-state index in [1.165, 1.54) is 18.4 Å². The molecule has 1 saturated heterocycles. The Morgan fingerprint density at radius 3 is 2.75 bits per heavy atom. The summed E-state index contributed by atoms with van der Waals surface area (Å²) in [6.45, 7) is 1.99. The second kappa shape index (κ2) is 8.14. The molecule has 190 valence electrons. The van der Waals surface area contributed by atoms with Gasteiger partial charge in [0.05, 0.1) is 22.8 Å². The van der Waals surface area contributed by atoms with Crippen molar-refractivity contribution in [3.05, 3.63) is 53.6 Å². The van der Waals surface area contributed by atoms with Crippen LogP contribution in [-0.4, -0.2) is 75.6 Å². The van der Waals surface area contributed by atoms with Gasteiger partial charge in [-0.3, -0.25) is 9.69 Å². The molecule has 1 spiro atoms. The zero-order chi connectivity index (χ0) is 24.7. The predicted octanol–water partition coefficient (Wildman–Crippen LogP) is 3.58. The number of likely N-dealkylation sites (tertiary alicyclic amines) is 1. The van der Waals surface area contributed by atoms with E-state index < -0.39 is 11.0 Å². The van der Waals surface area contributed by atoms with Crippen LogP contribution in [0.2, 0.25) is 0 Å². The van der Waals surface area contributed by atoms with Crippen LogP contribution < -0.4 is 4.74 Å². The molecule has 2 aliphatic heterocycles. The topological polar surface area (TPSA) is 73.2 Å². The van der Waals surface area contributed by atoms with Crippen LogP contribution in [0.15, 0.2) is 47.4 Å². The maximum atomic E-state index is 13.4. The van der Waals surface area contributed by atoms with Gasteiger partial charge >= 0.3 is 0 Å². The standard InChI is InChI=1S/C29H34N2O4S/c1-30(24(33)17-36-20-5-3-2-4-6-20)21-11-12-29(34)23-15-19-9-10-22(32)26-25(19)28(29,27(21)35-26)13-14-31(23)16-18-7-8-18/h2-6,9-10,18,21,23,27,32,34H,7-8,11-17H2,1H3/t21-,23-,27-,28-,29+/m0/s1. The summed E-state index contributed by atoms with van der Waals surface area (Å²) in [5.74, 6) is 1.88. The van der Waals surface area contributed by atoms with Gasteiger partial charge in [-0.05, 0) is 74.8 Å². The van der Waals surface area contributed by atoms with Crippen LogP contribution in [0.1, 0.15) is 43.2 Å². The maximum absolute atomic E-state index is 13.4. The Kier molecular flexibility index (Phi) is 5.19. The van der Waals surface area contributed by atoms with Gasteiger partial charge in [0, 0.05) is 30.1 Å². The zero-order valence-corrected chi connectivity index (χ0v) is 21.5. The highest BCUT2D eigenvalue weighted by Crippen LogP contribution is 2.66. The van der Waals surface area contributed by atoms with Gasteiger partial charge in [0.1, 0.15) is 6.10 Å². The Hall–Kier alpha value is -2.22. The normalized spacial score (nSPS) is 34.1. The fourth-order valence-corrected chi connectivity index (χ4v) is 8.64. The highest BCUT2D eigenvalue weighted by atomic mass is 32.2. The van der Waals surface area contributed by atoms with Crippen molar-refractivity contribution in [2.75, 3.05) is 25.9 Å². The SMILES string of the molecule is CN(C(=O)CSc1ccccc1)[C@H]1CC[C@@]2(O)[C@@H]3Cc4ccc(O)c5c4[C@@]2(CCN3CC2CC2)[C@H]1O5. The molecule has 2 bridgehead atoms. The lowest BCUT2D eigenvalue weighted by Crippen LogP contribution is -2.78. The van der Waals surface area contributed by atoms with Gasteiger partial charge in [0.2, 0.25) is 5.91 Å². The number of carbonyl (C=O) groups is 1. The molecule has 1 amide bonds. The van der Waals surface area contributed by atoms with Crippen molar-refractivity contribution in [2.24, 2.45) is 5.92 Å². The van der Waals surface area contributed by atoms with Crippen LogP contribution >= 0.6 is 11.8 Å². The minimum atomic E-state index is -0.921. The third-order valence-electron chi connectivity index (χ3n) is 9.73. The molecule has 6 nitrogen and oxygen atoms in total. The molecule has 36 heavy (non-hydrogen) atoms. The number of aromatic hydroxyl groups is 1. The number of piperidine rings is 1.